The van der Waals surface area contributed by atoms with E-state index in [1.807, 2.05) is 6.92 Å². The van der Waals surface area contributed by atoms with Crippen molar-refractivity contribution in [1.29, 1.82) is 0 Å². The van der Waals surface area contributed by atoms with Crippen molar-refractivity contribution in [2.24, 2.45) is 5.92 Å². The summed E-state index contributed by atoms with van der Waals surface area (Å²) in [5.41, 5.74) is 0. The van der Waals surface area contributed by atoms with Gasteiger partial charge in [0.25, 0.3) is 0 Å². The Hall–Kier alpha value is -1.10. The molecule has 88 valence electrons. The van der Waals surface area contributed by atoms with Gasteiger partial charge in [-0.25, -0.2) is 4.79 Å². The second-order valence-electron chi connectivity index (χ2n) is 3.19. The van der Waals surface area contributed by atoms with E-state index in [1.165, 1.54) is 0 Å². The highest BCUT2D eigenvalue weighted by Crippen LogP contribution is 2.06. The van der Waals surface area contributed by atoms with E-state index in [-0.39, 0.29) is 18.3 Å². The van der Waals surface area contributed by atoms with Crippen LogP contribution >= 0.6 is 0 Å². The number of rotatable bonds is 6. The fraction of sp³-hybridized carbons (Fsp3) is 0.800. The monoisotopic (exact) mass is 217 g/mol. The molecule has 5 heteroatoms. The summed E-state index contributed by atoms with van der Waals surface area (Å²) in [7, 11) is 0. The quantitative estimate of drug-likeness (QED) is 0.633. The van der Waals surface area contributed by atoms with Crippen molar-refractivity contribution in [3.63, 3.8) is 0 Å². The van der Waals surface area contributed by atoms with Crippen LogP contribution in [0.2, 0.25) is 0 Å². The van der Waals surface area contributed by atoms with Crippen molar-refractivity contribution in [2.75, 3.05) is 6.54 Å². The van der Waals surface area contributed by atoms with Crippen molar-refractivity contribution in [3.8, 4) is 0 Å². The van der Waals surface area contributed by atoms with E-state index in [1.54, 1.807) is 20.8 Å². The maximum Gasteiger partial charge on any atom is 0.331 e. The average molecular weight is 217 g/mol. The molecule has 0 radical (unpaired) electrons. The zero-order valence-electron chi connectivity index (χ0n) is 9.78. The molecule has 0 saturated heterocycles. The fourth-order valence-corrected chi connectivity index (χ4v) is 0.683. The van der Waals surface area contributed by atoms with Crippen molar-refractivity contribution in [2.45, 2.75) is 40.5 Å². The smallest absolute Gasteiger partial charge is 0.331 e. The lowest BCUT2D eigenvalue weighted by molar-refractivity contribution is -0.324. The Labute approximate surface area is 90.2 Å². The van der Waals surface area contributed by atoms with Crippen molar-refractivity contribution in [1.82, 2.24) is 5.23 Å². The zero-order chi connectivity index (χ0) is 11.8. The third-order valence-electron chi connectivity index (χ3n) is 1.96. The van der Waals surface area contributed by atoms with E-state index in [2.05, 4.69) is 0 Å². The molecular weight excluding hydrogens is 198 g/mol. The first kappa shape index (κ1) is 13.9. The first-order valence-corrected chi connectivity index (χ1v) is 5.25. The Kier molecular flexibility index (Phi) is 6.70. The topological polar surface area (TPSA) is 55.8 Å². The molecule has 0 aliphatic heterocycles. The largest absolute Gasteiger partial charge is 0.333 e. The molecule has 0 aromatic rings. The zero-order valence-corrected chi connectivity index (χ0v) is 9.78. The first-order valence-electron chi connectivity index (χ1n) is 5.25. The van der Waals surface area contributed by atoms with E-state index in [4.69, 9.17) is 9.68 Å². The van der Waals surface area contributed by atoms with Crippen LogP contribution in [-0.4, -0.2) is 23.7 Å². The highest BCUT2D eigenvalue weighted by molar-refractivity contribution is 5.72. The second kappa shape index (κ2) is 7.23. The highest BCUT2D eigenvalue weighted by atomic mass is 17.0. The predicted octanol–water partition coefficient (Wildman–Crippen LogP) is 1.68. The third kappa shape index (κ3) is 5.37. The molecule has 0 aromatic carbocycles. The molecule has 0 amide bonds. The minimum absolute atomic E-state index is 0.195. The summed E-state index contributed by atoms with van der Waals surface area (Å²) in [5.74, 6) is -1.00. The van der Waals surface area contributed by atoms with Crippen LogP contribution in [0, 0.1) is 5.92 Å². The number of hydroxylamine groups is 2. The minimum Gasteiger partial charge on any atom is -0.333 e. The molecule has 0 N–H and O–H groups in total. The Bertz CT molecular complexity index is 217. The average Bonchev–Trinajstić information content (AvgIpc) is 2.26. The molecule has 0 aromatic heterocycles. The van der Waals surface area contributed by atoms with Gasteiger partial charge in [-0.1, -0.05) is 20.8 Å². The van der Waals surface area contributed by atoms with Crippen LogP contribution in [0.25, 0.3) is 0 Å². The van der Waals surface area contributed by atoms with Crippen LogP contribution in [0.5, 0.6) is 0 Å². The number of hydrogen-bond acceptors (Lipinski definition) is 5. The maximum atomic E-state index is 11.4. The lowest BCUT2D eigenvalue weighted by Gasteiger charge is -2.19. The minimum atomic E-state index is -0.422. The lowest BCUT2D eigenvalue weighted by Crippen LogP contribution is -2.32. The summed E-state index contributed by atoms with van der Waals surface area (Å²) in [5, 5.41) is 0.917. The molecule has 15 heavy (non-hydrogen) atoms. The van der Waals surface area contributed by atoms with Crippen LogP contribution in [0.15, 0.2) is 0 Å². The standard InChI is InChI=1S/C10H19NO4/c1-5-8(4)10(13)15-11(7-3)14-9(12)6-2/h8H,5-7H2,1-4H3. The summed E-state index contributed by atoms with van der Waals surface area (Å²) in [6.45, 7) is 7.37. The van der Waals surface area contributed by atoms with E-state index in [0.29, 0.717) is 13.0 Å². The van der Waals surface area contributed by atoms with Gasteiger partial charge in [0.15, 0.2) is 0 Å². The van der Waals surface area contributed by atoms with Gasteiger partial charge in [0, 0.05) is 11.6 Å². The first-order chi connectivity index (χ1) is 7.04. The molecule has 0 aliphatic rings. The van der Waals surface area contributed by atoms with E-state index >= 15 is 0 Å². The molecule has 5 nitrogen and oxygen atoms in total. The number of hydrogen-bond donors (Lipinski definition) is 0. The number of nitrogens with zero attached hydrogens (tertiary/aromatic N) is 1. The van der Waals surface area contributed by atoms with Gasteiger partial charge < -0.3 is 9.68 Å². The van der Waals surface area contributed by atoms with Crippen LogP contribution in [-0.2, 0) is 19.3 Å². The van der Waals surface area contributed by atoms with Gasteiger partial charge in [-0.15, -0.1) is 0 Å². The SMILES string of the molecule is CCC(=O)ON(CC)OC(=O)C(C)CC. The van der Waals surface area contributed by atoms with Crippen molar-refractivity contribution in [3.05, 3.63) is 0 Å². The molecular formula is C10H19NO4. The van der Waals surface area contributed by atoms with Gasteiger partial charge >= 0.3 is 11.9 Å². The molecule has 0 fully saturated rings. The Morgan fingerprint density at radius 3 is 2.20 bits per heavy atom. The van der Waals surface area contributed by atoms with Gasteiger partial charge in [0.2, 0.25) is 0 Å². The van der Waals surface area contributed by atoms with E-state index < -0.39 is 5.97 Å². The van der Waals surface area contributed by atoms with Crippen LogP contribution in [0.4, 0.5) is 0 Å². The fourth-order valence-electron chi connectivity index (χ4n) is 0.683. The van der Waals surface area contributed by atoms with Gasteiger partial charge in [-0.05, 0) is 13.3 Å². The maximum absolute atomic E-state index is 11.4. The lowest BCUT2D eigenvalue weighted by atomic mass is 10.1. The van der Waals surface area contributed by atoms with Gasteiger partial charge in [0.1, 0.15) is 0 Å². The molecule has 0 spiro atoms. The second-order valence-corrected chi connectivity index (χ2v) is 3.19. The molecule has 0 heterocycles. The summed E-state index contributed by atoms with van der Waals surface area (Å²) in [4.78, 5) is 31.9. The molecule has 1 unspecified atom stereocenters. The third-order valence-corrected chi connectivity index (χ3v) is 1.96. The van der Waals surface area contributed by atoms with Gasteiger partial charge in [0.05, 0.1) is 12.5 Å². The highest BCUT2D eigenvalue weighted by Gasteiger charge is 2.18. The van der Waals surface area contributed by atoms with Crippen molar-refractivity contribution >= 4 is 11.9 Å². The van der Waals surface area contributed by atoms with Gasteiger partial charge in [-0.3, -0.25) is 4.79 Å². The molecule has 0 rings (SSSR count). The normalized spacial score (nSPS) is 12.3. The number of carbonyl (C=O) groups is 2. The molecule has 0 saturated carbocycles. The summed E-state index contributed by atoms with van der Waals surface area (Å²) in [6, 6.07) is 0. The molecule has 0 bridgehead atoms. The van der Waals surface area contributed by atoms with E-state index in [9.17, 15) is 9.59 Å². The van der Waals surface area contributed by atoms with Gasteiger partial charge in [-0.2, -0.15) is 0 Å². The summed E-state index contributed by atoms with van der Waals surface area (Å²) in [6.07, 6.45) is 0.940. The van der Waals surface area contributed by atoms with Crippen LogP contribution in [0.1, 0.15) is 40.5 Å². The van der Waals surface area contributed by atoms with E-state index in [0.717, 1.165) is 5.23 Å². The summed E-state index contributed by atoms with van der Waals surface area (Å²) < 4.78 is 0. The predicted molar refractivity (Wildman–Crippen MR) is 54.3 cm³/mol. The molecule has 0 aliphatic carbocycles. The summed E-state index contributed by atoms with van der Waals surface area (Å²) >= 11 is 0. The molecule has 1 atom stereocenters. The van der Waals surface area contributed by atoms with Crippen molar-refractivity contribution < 1.29 is 19.3 Å². The van der Waals surface area contributed by atoms with Crippen LogP contribution in [0.3, 0.4) is 0 Å². The number of carbonyl (C=O) groups excluding carboxylic acids is 2. The van der Waals surface area contributed by atoms with Crippen LogP contribution < -0.4 is 0 Å². The Morgan fingerprint density at radius 1 is 1.20 bits per heavy atom. The Morgan fingerprint density at radius 2 is 1.80 bits per heavy atom. The Balaban J connectivity index is 4.09.